The lowest BCUT2D eigenvalue weighted by atomic mass is 10.2. The minimum absolute atomic E-state index is 0.0457. The summed E-state index contributed by atoms with van der Waals surface area (Å²) in [4.78, 5) is 2.57. The van der Waals surface area contributed by atoms with Crippen LogP contribution in [0.1, 0.15) is 12.0 Å². The smallest absolute Gasteiger partial charge is 0.154 e. The van der Waals surface area contributed by atoms with Crippen LogP contribution < -0.4 is 0 Å². The Morgan fingerprint density at radius 3 is 2.56 bits per heavy atom. The molecule has 0 aliphatic rings. The lowest BCUT2D eigenvalue weighted by Crippen LogP contribution is -2.10. The number of rotatable bonds is 6. The monoisotopic (exact) mass is 239 g/mol. The second kappa shape index (κ2) is 6.15. The van der Waals surface area contributed by atoms with Crippen molar-refractivity contribution < 1.29 is 8.42 Å². The van der Waals surface area contributed by atoms with Gasteiger partial charge in [0.2, 0.25) is 0 Å². The van der Waals surface area contributed by atoms with Crippen LogP contribution >= 0.6 is 0 Å². The van der Waals surface area contributed by atoms with E-state index >= 15 is 0 Å². The van der Waals surface area contributed by atoms with Crippen molar-refractivity contribution in [2.45, 2.75) is 12.2 Å². The second-order valence-corrected chi connectivity index (χ2v) is 5.57. The van der Waals surface area contributed by atoms with Crippen LogP contribution in [0.3, 0.4) is 0 Å². The highest BCUT2D eigenvalue weighted by molar-refractivity contribution is 7.90. The summed E-state index contributed by atoms with van der Waals surface area (Å²) in [7, 11) is -3.10. The van der Waals surface area contributed by atoms with E-state index in [9.17, 15) is 8.42 Å². The fraction of sp³-hybridized carbons (Fsp3) is 0.400. The van der Waals surface area contributed by atoms with Gasteiger partial charge in [0.25, 0.3) is 0 Å². The lowest BCUT2D eigenvalue weighted by Gasteiger charge is -2.02. The predicted molar refractivity (Wildman–Crippen MR) is 62.6 cm³/mol. The van der Waals surface area contributed by atoms with Crippen molar-refractivity contribution in [3.05, 3.63) is 46.3 Å². The van der Waals surface area contributed by atoms with Gasteiger partial charge < -0.3 is 0 Å². The molecule has 0 aliphatic heterocycles. The maximum Gasteiger partial charge on any atom is 0.154 e. The third kappa shape index (κ3) is 4.82. The summed E-state index contributed by atoms with van der Waals surface area (Å²) in [6.07, 6.45) is 0.374. The molecule has 86 valence electrons. The molecular formula is C10H13N3O2S. The molecule has 0 atom stereocenters. The standard InChI is InChI=1S/C10H13N3O2S/c11-13-12-7-4-8-16(14,15)9-10-5-2-1-3-6-10/h1-3,5-6H,4,7-9H2. The predicted octanol–water partition coefficient (Wildman–Crippen LogP) is 2.30. The lowest BCUT2D eigenvalue weighted by molar-refractivity contribution is 0.593. The molecule has 0 N–H and O–H groups in total. The minimum atomic E-state index is -3.10. The molecule has 16 heavy (non-hydrogen) atoms. The molecule has 0 unspecified atom stereocenters. The summed E-state index contributed by atoms with van der Waals surface area (Å²) in [5.74, 6) is 0.102. The van der Waals surface area contributed by atoms with Crippen LogP contribution in [-0.4, -0.2) is 20.7 Å². The molecule has 0 bridgehead atoms. The molecule has 5 nitrogen and oxygen atoms in total. The van der Waals surface area contributed by atoms with Crippen LogP contribution in [0, 0.1) is 0 Å². The van der Waals surface area contributed by atoms with Gasteiger partial charge in [-0.1, -0.05) is 35.4 Å². The first-order valence-electron chi connectivity index (χ1n) is 4.89. The van der Waals surface area contributed by atoms with Gasteiger partial charge in [0.15, 0.2) is 9.84 Å². The Morgan fingerprint density at radius 1 is 1.25 bits per heavy atom. The molecule has 6 heteroatoms. The number of benzene rings is 1. The van der Waals surface area contributed by atoms with Crippen LogP contribution in [0.2, 0.25) is 0 Å². The average molecular weight is 239 g/mol. The van der Waals surface area contributed by atoms with E-state index in [-0.39, 0.29) is 18.1 Å². The van der Waals surface area contributed by atoms with Crippen molar-refractivity contribution in [2.75, 3.05) is 12.3 Å². The topological polar surface area (TPSA) is 82.9 Å². The Hall–Kier alpha value is -1.52. The summed E-state index contributed by atoms with van der Waals surface area (Å²) in [6, 6.07) is 9.03. The summed E-state index contributed by atoms with van der Waals surface area (Å²) in [6.45, 7) is 0.227. The molecule has 0 amide bonds. The van der Waals surface area contributed by atoms with Gasteiger partial charge in [-0.05, 0) is 17.5 Å². The zero-order valence-corrected chi connectivity index (χ0v) is 9.60. The van der Waals surface area contributed by atoms with Crippen molar-refractivity contribution in [2.24, 2.45) is 5.11 Å². The van der Waals surface area contributed by atoms with E-state index in [4.69, 9.17) is 5.53 Å². The molecule has 0 fully saturated rings. The summed E-state index contributed by atoms with van der Waals surface area (Å²) >= 11 is 0. The van der Waals surface area contributed by atoms with E-state index in [0.717, 1.165) is 5.56 Å². The van der Waals surface area contributed by atoms with E-state index in [1.807, 2.05) is 18.2 Å². The molecule has 1 aromatic rings. The molecule has 1 rings (SSSR count). The van der Waals surface area contributed by atoms with Gasteiger partial charge in [-0.3, -0.25) is 0 Å². The molecule has 0 aromatic heterocycles. The molecule has 0 radical (unpaired) electrons. The zero-order valence-electron chi connectivity index (χ0n) is 8.78. The normalized spacial score (nSPS) is 10.8. The van der Waals surface area contributed by atoms with Crippen LogP contribution in [0.15, 0.2) is 35.4 Å². The van der Waals surface area contributed by atoms with Crippen LogP contribution in [0.5, 0.6) is 0 Å². The SMILES string of the molecule is [N-]=[N+]=NCCCS(=O)(=O)Cc1ccccc1. The Labute approximate surface area is 94.7 Å². The maximum absolute atomic E-state index is 11.6. The Kier molecular flexibility index (Phi) is 4.82. The summed E-state index contributed by atoms with van der Waals surface area (Å²) in [5.41, 5.74) is 8.82. The van der Waals surface area contributed by atoms with Gasteiger partial charge in [-0.2, -0.15) is 0 Å². The molecule has 0 heterocycles. The molecular weight excluding hydrogens is 226 g/mol. The Balaban J connectivity index is 2.49. The van der Waals surface area contributed by atoms with Gasteiger partial charge in [0, 0.05) is 11.5 Å². The fourth-order valence-corrected chi connectivity index (χ4v) is 2.71. The minimum Gasteiger partial charge on any atom is -0.228 e. The first-order chi connectivity index (χ1) is 7.64. The van der Waals surface area contributed by atoms with Crippen molar-refractivity contribution in [1.82, 2.24) is 0 Å². The third-order valence-corrected chi connectivity index (χ3v) is 3.69. The van der Waals surface area contributed by atoms with Gasteiger partial charge in [-0.25, -0.2) is 8.42 Å². The van der Waals surface area contributed by atoms with Crippen molar-refractivity contribution >= 4 is 9.84 Å². The highest BCUT2D eigenvalue weighted by atomic mass is 32.2. The second-order valence-electron chi connectivity index (χ2n) is 3.39. The van der Waals surface area contributed by atoms with Crippen molar-refractivity contribution in [3.8, 4) is 0 Å². The van der Waals surface area contributed by atoms with E-state index in [0.29, 0.717) is 6.42 Å². The number of nitrogens with zero attached hydrogens (tertiary/aromatic N) is 3. The van der Waals surface area contributed by atoms with Gasteiger partial charge in [0.1, 0.15) is 0 Å². The quantitative estimate of drug-likeness (QED) is 0.330. The first-order valence-corrected chi connectivity index (χ1v) is 6.71. The summed E-state index contributed by atoms with van der Waals surface area (Å²) in [5, 5.41) is 3.30. The van der Waals surface area contributed by atoms with Crippen LogP contribution in [0.25, 0.3) is 10.4 Å². The number of hydrogen-bond acceptors (Lipinski definition) is 3. The van der Waals surface area contributed by atoms with Gasteiger partial charge in [-0.15, -0.1) is 0 Å². The third-order valence-electron chi connectivity index (χ3n) is 2.01. The number of hydrogen-bond donors (Lipinski definition) is 0. The molecule has 1 aromatic carbocycles. The first kappa shape index (κ1) is 12.5. The van der Waals surface area contributed by atoms with Crippen LogP contribution in [-0.2, 0) is 15.6 Å². The Bertz CT molecular complexity index is 464. The largest absolute Gasteiger partial charge is 0.228 e. The molecule has 0 spiro atoms. The van der Waals surface area contributed by atoms with Crippen molar-refractivity contribution in [1.29, 1.82) is 0 Å². The van der Waals surface area contributed by atoms with E-state index < -0.39 is 9.84 Å². The summed E-state index contributed by atoms with van der Waals surface area (Å²) < 4.78 is 23.3. The highest BCUT2D eigenvalue weighted by Crippen LogP contribution is 2.07. The van der Waals surface area contributed by atoms with Gasteiger partial charge in [0.05, 0.1) is 11.5 Å². The number of sulfone groups is 1. The van der Waals surface area contributed by atoms with E-state index in [1.165, 1.54) is 0 Å². The Morgan fingerprint density at radius 2 is 1.94 bits per heavy atom. The van der Waals surface area contributed by atoms with E-state index in [2.05, 4.69) is 10.0 Å². The van der Waals surface area contributed by atoms with Crippen LogP contribution in [0.4, 0.5) is 0 Å². The molecule has 0 saturated carbocycles. The number of azide groups is 1. The maximum atomic E-state index is 11.6. The highest BCUT2D eigenvalue weighted by Gasteiger charge is 2.10. The van der Waals surface area contributed by atoms with Gasteiger partial charge >= 0.3 is 0 Å². The average Bonchev–Trinajstić information content (AvgIpc) is 2.25. The molecule has 0 saturated heterocycles. The molecule has 0 aliphatic carbocycles. The van der Waals surface area contributed by atoms with E-state index in [1.54, 1.807) is 12.1 Å². The van der Waals surface area contributed by atoms with Crippen molar-refractivity contribution in [3.63, 3.8) is 0 Å². The zero-order chi connectivity index (χ0) is 11.9. The fourth-order valence-electron chi connectivity index (χ4n) is 1.30.